The molecule has 0 saturated heterocycles. The Morgan fingerprint density at radius 3 is 2.14 bits per heavy atom. The molecule has 3 aromatic carbocycles. The van der Waals surface area contributed by atoms with Gasteiger partial charge in [0.25, 0.3) is 0 Å². The van der Waals surface area contributed by atoms with Gasteiger partial charge in [-0.3, -0.25) is 9.13 Å². The number of imidazole rings is 1. The van der Waals surface area contributed by atoms with E-state index in [1.165, 1.54) is 0 Å². The van der Waals surface area contributed by atoms with E-state index in [-0.39, 0.29) is 5.69 Å². The summed E-state index contributed by atoms with van der Waals surface area (Å²) in [6.07, 6.45) is 0. The normalized spacial score (nSPS) is 11.1. The van der Waals surface area contributed by atoms with Gasteiger partial charge < -0.3 is 15.2 Å². The van der Waals surface area contributed by atoms with Crippen LogP contribution in [0.1, 0.15) is 11.1 Å². The van der Waals surface area contributed by atoms with E-state index in [0.29, 0.717) is 43.8 Å². The highest BCUT2D eigenvalue weighted by molar-refractivity contribution is 9.10. The SMILES string of the molecule is NCCn1c(=O)n(-c2ccc(OCc3ccccc3)nc2OCc2ccccc2)c2cccc(Br)c21. The Kier molecular flexibility index (Phi) is 7.16. The van der Waals surface area contributed by atoms with Crippen molar-refractivity contribution in [3.8, 4) is 17.4 Å². The third-order valence-electron chi connectivity index (χ3n) is 5.75. The van der Waals surface area contributed by atoms with Crippen LogP contribution in [0.15, 0.2) is 100 Å². The molecule has 0 unspecified atom stereocenters. The Bertz CT molecular complexity index is 1530. The second-order valence-corrected chi connectivity index (χ2v) is 9.04. The first-order chi connectivity index (χ1) is 17.7. The summed E-state index contributed by atoms with van der Waals surface area (Å²) in [7, 11) is 0. The summed E-state index contributed by atoms with van der Waals surface area (Å²) >= 11 is 3.59. The van der Waals surface area contributed by atoms with Crippen molar-refractivity contribution < 1.29 is 9.47 Å². The summed E-state index contributed by atoms with van der Waals surface area (Å²) in [6, 6.07) is 28.9. The van der Waals surface area contributed by atoms with E-state index in [0.717, 1.165) is 26.6 Å². The number of pyridine rings is 1. The van der Waals surface area contributed by atoms with E-state index in [2.05, 4.69) is 20.9 Å². The molecular weight excluding hydrogens is 520 g/mol. The molecular formula is C28H25BrN4O3. The smallest absolute Gasteiger partial charge is 0.333 e. The van der Waals surface area contributed by atoms with Gasteiger partial charge in [-0.2, -0.15) is 4.98 Å². The predicted octanol–water partition coefficient (Wildman–Crippen LogP) is 5.07. The van der Waals surface area contributed by atoms with Crippen molar-refractivity contribution in [2.75, 3.05) is 6.54 Å². The molecule has 0 bridgehead atoms. The molecule has 5 aromatic rings. The maximum atomic E-state index is 13.6. The Hall–Kier alpha value is -3.88. The number of rotatable bonds is 9. The zero-order valence-electron chi connectivity index (χ0n) is 19.5. The molecule has 0 amide bonds. The maximum Gasteiger partial charge on any atom is 0.333 e. The van der Waals surface area contributed by atoms with Crippen molar-refractivity contribution in [3.63, 3.8) is 0 Å². The maximum absolute atomic E-state index is 13.6. The Morgan fingerprint density at radius 1 is 0.806 bits per heavy atom. The van der Waals surface area contributed by atoms with Gasteiger partial charge in [-0.05, 0) is 45.3 Å². The molecule has 2 N–H and O–H groups in total. The monoisotopic (exact) mass is 544 g/mol. The number of nitrogens with two attached hydrogens (primary N) is 1. The zero-order chi connectivity index (χ0) is 24.9. The molecule has 0 aliphatic heterocycles. The molecule has 2 heterocycles. The third kappa shape index (κ3) is 4.91. The van der Waals surface area contributed by atoms with Gasteiger partial charge in [-0.25, -0.2) is 4.79 Å². The van der Waals surface area contributed by atoms with Crippen LogP contribution in [0, 0.1) is 0 Å². The topological polar surface area (TPSA) is 84.3 Å². The van der Waals surface area contributed by atoms with Gasteiger partial charge in [-0.1, -0.05) is 66.7 Å². The van der Waals surface area contributed by atoms with Crippen molar-refractivity contribution >= 4 is 27.0 Å². The largest absolute Gasteiger partial charge is 0.473 e. The van der Waals surface area contributed by atoms with Crippen LogP contribution in [0.3, 0.4) is 0 Å². The van der Waals surface area contributed by atoms with Gasteiger partial charge >= 0.3 is 5.69 Å². The predicted molar refractivity (Wildman–Crippen MR) is 144 cm³/mol. The van der Waals surface area contributed by atoms with Crippen LogP contribution >= 0.6 is 15.9 Å². The second kappa shape index (κ2) is 10.8. The van der Waals surface area contributed by atoms with Crippen LogP contribution in [0.4, 0.5) is 0 Å². The van der Waals surface area contributed by atoms with Crippen LogP contribution in [-0.4, -0.2) is 20.7 Å². The van der Waals surface area contributed by atoms with E-state index in [1.807, 2.05) is 84.9 Å². The highest BCUT2D eigenvalue weighted by Gasteiger charge is 2.20. The molecule has 2 aromatic heterocycles. The summed E-state index contributed by atoms with van der Waals surface area (Å²) in [5, 5.41) is 0. The summed E-state index contributed by atoms with van der Waals surface area (Å²) in [6.45, 7) is 1.38. The van der Waals surface area contributed by atoms with E-state index in [4.69, 9.17) is 15.2 Å². The van der Waals surface area contributed by atoms with Crippen LogP contribution < -0.4 is 20.9 Å². The van der Waals surface area contributed by atoms with Crippen LogP contribution in [0.2, 0.25) is 0 Å². The Labute approximate surface area is 216 Å². The minimum absolute atomic E-state index is 0.216. The number of ether oxygens (including phenoxy) is 2. The van der Waals surface area contributed by atoms with Gasteiger partial charge in [0.05, 0.1) is 11.0 Å². The Balaban J connectivity index is 1.58. The van der Waals surface area contributed by atoms with E-state index >= 15 is 0 Å². The molecule has 0 saturated carbocycles. The Morgan fingerprint density at radius 2 is 1.47 bits per heavy atom. The molecule has 0 atom stereocenters. The lowest BCUT2D eigenvalue weighted by Gasteiger charge is -2.14. The molecule has 0 fully saturated rings. The fourth-order valence-corrected chi connectivity index (χ4v) is 4.64. The van der Waals surface area contributed by atoms with Gasteiger partial charge in [0, 0.05) is 23.6 Å². The fraction of sp³-hybridized carbons (Fsp3) is 0.143. The minimum Gasteiger partial charge on any atom is -0.473 e. The zero-order valence-corrected chi connectivity index (χ0v) is 21.1. The van der Waals surface area contributed by atoms with Crippen molar-refractivity contribution in [2.45, 2.75) is 19.8 Å². The number of halogens is 1. The van der Waals surface area contributed by atoms with Gasteiger partial charge in [0.15, 0.2) is 0 Å². The molecule has 0 aliphatic rings. The molecule has 182 valence electrons. The first kappa shape index (κ1) is 23.8. The van der Waals surface area contributed by atoms with Gasteiger partial charge in [0.2, 0.25) is 11.8 Å². The number of para-hydroxylation sites is 1. The molecule has 5 rings (SSSR count). The van der Waals surface area contributed by atoms with E-state index in [1.54, 1.807) is 15.2 Å². The van der Waals surface area contributed by atoms with Gasteiger partial charge in [0.1, 0.15) is 18.9 Å². The number of hydrogen-bond acceptors (Lipinski definition) is 5. The third-order valence-corrected chi connectivity index (χ3v) is 6.39. The summed E-state index contributed by atoms with van der Waals surface area (Å²) in [5.74, 6) is 0.712. The quantitative estimate of drug-likeness (QED) is 0.280. The highest BCUT2D eigenvalue weighted by Crippen LogP contribution is 2.30. The summed E-state index contributed by atoms with van der Waals surface area (Å²) in [5.41, 5.74) is 9.65. The van der Waals surface area contributed by atoms with E-state index in [9.17, 15) is 4.79 Å². The molecule has 36 heavy (non-hydrogen) atoms. The average molecular weight is 545 g/mol. The fourth-order valence-electron chi connectivity index (χ4n) is 4.07. The van der Waals surface area contributed by atoms with Crippen molar-refractivity contribution in [2.24, 2.45) is 5.73 Å². The number of aromatic nitrogens is 3. The summed E-state index contributed by atoms with van der Waals surface area (Å²) in [4.78, 5) is 18.2. The van der Waals surface area contributed by atoms with Gasteiger partial charge in [-0.15, -0.1) is 0 Å². The van der Waals surface area contributed by atoms with Crippen LogP contribution in [0.5, 0.6) is 11.8 Å². The summed E-state index contributed by atoms with van der Waals surface area (Å²) < 4.78 is 16.2. The lowest BCUT2D eigenvalue weighted by atomic mass is 10.2. The molecule has 0 radical (unpaired) electrons. The van der Waals surface area contributed by atoms with Crippen molar-refractivity contribution in [1.29, 1.82) is 0 Å². The lowest BCUT2D eigenvalue weighted by molar-refractivity contribution is 0.267. The first-order valence-electron chi connectivity index (χ1n) is 11.6. The average Bonchev–Trinajstić information content (AvgIpc) is 3.20. The highest BCUT2D eigenvalue weighted by atomic mass is 79.9. The molecule has 0 aliphatic carbocycles. The number of nitrogens with zero attached hydrogens (tertiary/aromatic N) is 3. The number of hydrogen-bond donors (Lipinski definition) is 1. The lowest BCUT2D eigenvalue weighted by Crippen LogP contribution is -2.26. The molecule has 8 heteroatoms. The van der Waals surface area contributed by atoms with Crippen LogP contribution in [0.25, 0.3) is 16.7 Å². The minimum atomic E-state index is -0.216. The van der Waals surface area contributed by atoms with Crippen molar-refractivity contribution in [3.05, 3.63) is 117 Å². The standard InChI is InChI=1S/C28H25BrN4O3/c29-22-12-7-13-23-26(22)32(17-16-30)28(34)33(23)24-14-15-25(35-18-20-8-3-1-4-9-20)31-27(24)36-19-21-10-5-2-6-11-21/h1-15H,16-19,30H2. The second-order valence-electron chi connectivity index (χ2n) is 8.19. The molecule has 7 nitrogen and oxygen atoms in total. The van der Waals surface area contributed by atoms with Crippen LogP contribution in [-0.2, 0) is 19.8 Å². The van der Waals surface area contributed by atoms with Crippen molar-refractivity contribution in [1.82, 2.24) is 14.1 Å². The first-order valence-corrected chi connectivity index (χ1v) is 12.4. The number of fused-ring (bicyclic) bond motifs is 1. The number of benzene rings is 3. The molecule has 0 spiro atoms. The van der Waals surface area contributed by atoms with E-state index < -0.39 is 0 Å².